The Hall–Kier alpha value is -2.08. The topological polar surface area (TPSA) is 79.5 Å². The van der Waals surface area contributed by atoms with Gasteiger partial charge < -0.3 is 20.7 Å². The van der Waals surface area contributed by atoms with E-state index < -0.39 is 0 Å². The lowest BCUT2D eigenvalue weighted by Crippen LogP contribution is -2.32. The van der Waals surface area contributed by atoms with Crippen molar-refractivity contribution >= 4 is 17.6 Å². The van der Waals surface area contributed by atoms with E-state index in [2.05, 4.69) is 22.9 Å². The van der Waals surface area contributed by atoms with E-state index in [9.17, 15) is 9.59 Å². The summed E-state index contributed by atoms with van der Waals surface area (Å²) in [6.07, 6.45) is 7.49. The highest BCUT2D eigenvalue weighted by atomic mass is 16.5. The number of rotatable bonds is 10. The lowest BCUT2D eigenvalue weighted by Gasteiger charge is -2.12. The van der Waals surface area contributed by atoms with Crippen LogP contribution in [0.1, 0.15) is 62.2 Å². The van der Waals surface area contributed by atoms with Crippen LogP contribution in [0.3, 0.4) is 0 Å². The van der Waals surface area contributed by atoms with Gasteiger partial charge in [-0.25, -0.2) is 4.79 Å². The number of carbonyl (C=O) groups is 2. The van der Waals surface area contributed by atoms with Gasteiger partial charge in [0, 0.05) is 37.1 Å². The number of ether oxygens (including phenoxy) is 1. The minimum Gasteiger partial charge on any atom is -0.381 e. The van der Waals surface area contributed by atoms with Crippen LogP contribution < -0.4 is 16.0 Å². The van der Waals surface area contributed by atoms with Crippen LogP contribution in [-0.4, -0.2) is 37.7 Å². The van der Waals surface area contributed by atoms with Crippen molar-refractivity contribution in [3.63, 3.8) is 0 Å². The molecule has 0 radical (unpaired) electrons. The van der Waals surface area contributed by atoms with E-state index in [0.29, 0.717) is 30.4 Å². The molecule has 1 saturated carbocycles. The average Bonchev–Trinajstić information content (AvgIpc) is 3.14. The molecular weight excluding hydrogens is 330 g/mol. The third-order valence-electron chi connectivity index (χ3n) is 4.49. The number of carbonyl (C=O) groups excluding carboxylic acids is 2. The summed E-state index contributed by atoms with van der Waals surface area (Å²) < 4.78 is 5.45. The highest BCUT2D eigenvalue weighted by Crippen LogP contribution is 2.18. The van der Waals surface area contributed by atoms with E-state index in [1.165, 1.54) is 12.8 Å². The molecule has 0 aromatic heterocycles. The van der Waals surface area contributed by atoms with Crippen LogP contribution in [0.4, 0.5) is 10.5 Å². The van der Waals surface area contributed by atoms with Gasteiger partial charge in [-0.05, 0) is 49.9 Å². The summed E-state index contributed by atoms with van der Waals surface area (Å²) in [5.41, 5.74) is 1.28. The van der Waals surface area contributed by atoms with Crippen molar-refractivity contribution in [1.29, 1.82) is 0 Å². The zero-order valence-corrected chi connectivity index (χ0v) is 15.7. The Labute approximate surface area is 156 Å². The molecule has 1 aliphatic carbocycles. The predicted octanol–water partition coefficient (Wildman–Crippen LogP) is 3.69. The van der Waals surface area contributed by atoms with Crippen molar-refractivity contribution in [2.45, 2.75) is 57.9 Å². The van der Waals surface area contributed by atoms with Gasteiger partial charge in [0.1, 0.15) is 0 Å². The molecule has 0 aliphatic heterocycles. The van der Waals surface area contributed by atoms with Gasteiger partial charge in [0.25, 0.3) is 5.91 Å². The standard InChI is InChI=1S/C20H31N3O3/c1-2-3-14-26-15-6-13-21-20(25)23-18-11-9-16(10-12-18)19(24)22-17-7-4-5-8-17/h9-12,17H,2-8,13-15H2,1H3,(H,22,24)(H2,21,23,25). The maximum absolute atomic E-state index is 12.2. The van der Waals surface area contributed by atoms with Gasteiger partial charge >= 0.3 is 6.03 Å². The van der Waals surface area contributed by atoms with E-state index in [1.807, 2.05) is 0 Å². The van der Waals surface area contributed by atoms with Gasteiger partial charge in [0.2, 0.25) is 0 Å². The molecule has 2 rings (SSSR count). The third-order valence-corrected chi connectivity index (χ3v) is 4.49. The fourth-order valence-corrected chi connectivity index (χ4v) is 2.94. The lowest BCUT2D eigenvalue weighted by molar-refractivity contribution is 0.0938. The molecule has 144 valence electrons. The van der Waals surface area contributed by atoms with Crippen molar-refractivity contribution < 1.29 is 14.3 Å². The summed E-state index contributed by atoms with van der Waals surface area (Å²) in [5.74, 6) is -0.0454. The maximum atomic E-state index is 12.2. The second kappa shape index (κ2) is 11.5. The Kier molecular flexibility index (Phi) is 8.96. The molecular formula is C20H31N3O3. The Morgan fingerprint density at radius 1 is 1.08 bits per heavy atom. The van der Waals surface area contributed by atoms with Crippen LogP contribution in [0.2, 0.25) is 0 Å². The SMILES string of the molecule is CCCCOCCCNC(=O)Nc1ccc(C(=O)NC2CCCC2)cc1. The first-order chi connectivity index (χ1) is 12.7. The first-order valence-corrected chi connectivity index (χ1v) is 9.72. The zero-order chi connectivity index (χ0) is 18.6. The number of hydrogen-bond donors (Lipinski definition) is 3. The van der Waals surface area contributed by atoms with E-state index in [1.54, 1.807) is 24.3 Å². The van der Waals surface area contributed by atoms with E-state index in [-0.39, 0.29) is 11.9 Å². The highest BCUT2D eigenvalue weighted by Gasteiger charge is 2.17. The van der Waals surface area contributed by atoms with Crippen LogP contribution in [0.5, 0.6) is 0 Å². The van der Waals surface area contributed by atoms with Crippen LogP contribution in [0.25, 0.3) is 0 Å². The first-order valence-electron chi connectivity index (χ1n) is 9.72. The molecule has 0 saturated heterocycles. The predicted molar refractivity (Wildman–Crippen MR) is 104 cm³/mol. The number of benzene rings is 1. The molecule has 3 amide bonds. The second-order valence-electron chi connectivity index (χ2n) is 6.73. The van der Waals surface area contributed by atoms with Gasteiger partial charge in [-0.15, -0.1) is 0 Å². The molecule has 1 aromatic carbocycles. The molecule has 0 atom stereocenters. The minimum absolute atomic E-state index is 0.0454. The highest BCUT2D eigenvalue weighted by molar-refractivity contribution is 5.95. The Balaban J connectivity index is 1.64. The number of unbranched alkanes of at least 4 members (excludes halogenated alkanes) is 1. The molecule has 1 aromatic rings. The maximum Gasteiger partial charge on any atom is 0.319 e. The van der Waals surface area contributed by atoms with Gasteiger partial charge in [0.15, 0.2) is 0 Å². The van der Waals surface area contributed by atoms with Crippen molar-refractivity contribution in [1.82, 2.24) is 10.6 Å². The summed E-state index contributed by atoms with van der Waals surface area (Å²) in [4.78, 5) is 24.0. The molecule has 3 N–H and O–H groups in total. The van der Waals surface area contributed by atoms with Gasteiger partial charge in [-0.1, -0.05) is 26.2 Å². The lowest BCUT2D eigenvalue weighted by atomic mass is 10.1. The fourth-order valence-electron chi connectivity index (χ4n) is 2.94. The monoisotopic (exact) mass is 361 g/mol. The van der Waals surface area contributed by atoms with Gasteiger partial charge in [-0.3, -0.25) is 4.79 Å². The summed E-state index contributed by atoms with van der Waals surface area (Å²) in [6.45, 7) is 4.14. The van der Waals surface area contributed by atoms with Crippen LogP contribution >= 0.6 is 0 Å². The fraction of sp³-hybridized carbons (Fsp3) is 0.600. The van der Waals surface area contributed by atoms with Gasteiger partial charge in [0.05, 0.1) is 0 Å². The van der Waals surface area contributed by atoms with Crippen molar-refractivity contribution in [3.8, 4) is 0 Å². The summed E-state index contributed by atoms with van der Waals surface area (Å²) in [6, 6.07) is 7.02. The largest absolute Gasteiger partial charge is 0.381 e. The van der Waals surface area contributed by atoms with Crippen molar-refractivity contribution in [2.24, 2.45) is 0 Å². The Bertz CT molecular complexity index is 554. The minimum atomic E-state index is -0.248. The van der Waals surface area contributed by atoms with Gasteiger partial charge in [-0.2, -0.15) is 0 Å². The normalized spacial score (nSPS) is 14.2. The second-order valence-corrected chi connectivity index (χ2v) is 6.73. The molecule has 1 fully saturated rings. The van der Waals surface area contributed by atoms with Crippen LogP contribution in [-0.2, 0) is 4.74 Å². The molecule has 26 heavy (non-hydrogen) atoms. The zero-order valence-electron chi connectivity index (χ0n) is 15.7. The quantitative estimate of drug-likeness (QED) is 0.556. The summed E-state index contributed by atoms with van der Waals surface area (Å²) >= 11 is 0. The molecule has 6 nitrogen and oxygen atoms in total. The Morgan fingerprint density at radius 2 is 1.77 bits per heavy atom. The first kappa shape index (κ1) is 20.2. The molecule has 0 unspecified atom stereocenters. The molecule has 1 aliphatic rings. The average molecular weight is 361 g/mol. The van der Waals surface area contributed by atoms with E-state index in [4.69, 9.17) is 4.74 Å². The smallest absolute Gasteiger partial charge is 0.319 e. The van der Waals surface area contributed by atoms with E-state index >= 15 is 0 Å². The number of urea groups is 1. The summed E-state index contributed by atoms with van der Waals surface area (Å²) in [5, 5.41) is 8.63. The number of amides is 3. The molecule has 6 heteroatoms. The van der Waals surface area contributed by atoms with Crippen molar-refractivity contribution in [3.05, 3.63) is 29.8 Å². The van der Waals surface area contributed by atoms with E-state index in [0.717, 1.165) is 38.7 Å². The number of anilines is 1. The third kappa shape index (κ3) is 7.44. The van der Waals surface area contributed by atoms with Crippen LogP contribution in [0, 0.1) is 0 Å². The molecule has 0 heterocycles. The van der Waals surface area contributed by atoms with Crippen LogP contribution in [0.15, 0.2) is 24.3 Å². The molecule has 0 spiro atoms. The molecule has 0 bridgehead atoms. The Morgan fingerprint density at radius 3 is 2.46 bits per heavy atom. The summed E-state index contributed by atoms with van der Waals surface area (Å²) in [7, 11) is 0. The number of nitrogens with one attached hydrogen (secondary N) is 3. The van der Waals surface area contributed by atoms with Crippen molar-refractivity contribution in [2.75, 3.05) is 25.1 Å². The number of hydrogen-bond acceptors (Lipinski definition) is 3.